The van der Waals surface area contributed by atoms with Gasteiger partial charge >= 0.3 is 0 Å². The van der Waals surface area contributed by atoms with Crippen molar-refractivity contribution in [1.82, 2.24) is 0 Å². The van der Waals surface area contributed by atoms with Crippen molar-refractivity contribution in [3.8, 4) is 11.1 Å². The SMILES string of the molecule is CC[n+]1ccc(-c2ccc[n+](CC)c2)cc1. The lowest BCUT2D eigenvalue weighted by molar-refractivity contribution is -0.693. The fraction of sp³-hybridized carbons (Fsp3) is 0.286. The number of rotatable bonds is 3. The van der Waals surface area contributed by atoms with Crippen LogP contribution in [0.25, 0.3) is 11.1 Å². The van der Waals surface area contributed by atoms with Crippen LogP contribution < -0.4 is 9.13 Å². The number of pyridine rings is 2. The molecular weight excluding hydrogens is 196 g/mol. The molecule has 0 radical (unpaired) electrons. The third-order valence-electron chi connectivity index (χ3n) is 2.81. The van der Waals surface area contributed by atoms with Crippen LogP contribution in [0.1, 0.15) is 13.8 Å². The van der Waals surface area contributed by atoms with Gasteiger partial charge in [-0.25, -0.2) is 9.13 Å². The standard InChI is InChI=1S/C14H18N2/c1-3-15-10-7-13(8-11-15)14-6-5-9-16(4-2)12-14/h5-12H,3-4H2,1-2H3/q+2. The second-order valence-corrected chi connectivity index (χ2v) is 3.84. The van der Waals surface area contributed by atoms with E-state index in [0.29, 0.717) is 0 Å². The first-order valence-corrected chi connectivity index (χ1v) is 5.82. The van der Waals surface area contributed by atoms with Gasteiger partial charge in [-0.1, -0.05) is 0 Å². The molecule has 0 aliphatic carbocycles. The van der Waals surface area contributed by atoms with Crippen LogP contribution in [0, 0.1) is 0 Å². The molecule has 2 nitrogen and oxygen atoms in total. The van der Waals surface area contributed by atoms with Crippen molar-refractivity contribution in [3.05, 3.63) is 49.1 Å². The topological polar surface area (TPSA) is 7.76 Å². The van der Waals surface area contributed by atoms with Gasteiger partial charge in [-0.2, -0.15) is 0 Å². The largest absolute Gasteiger partial charge is 0.205 e. The van der Waals surface area contributed by atoms with Crippen molar-refractivity contribution in [1.29, 1.82) is 0 Å². The van der Waals surface area contributed by atoms with Crippen molar-refractivity contribution in [2.75, 3.05) is 0 Å². The summed E-state index contributed by atoms with van der Waals surface area (Å²) in [7, 11) is 0. The molecule has 0 amide bonds. The molecule has 0 saturated carbocycles. The van der Waals surface area contributed by atoms with Gasteiger partial charge in [0.1, 0.15) is 13.1 Å². The Bertz CT molecular complexity index is 460. The average Bonchev–Trinajstić information content (AvgIpc) is 2.39. The Kier molecular flexibility index (Phi) is 3.30. The van der Waals surface area contributed by atoms with Crippen LogP contribution in [0.2, 0.25) is 0 Å². The maximum atomic E-state index is 2.19. The first kappa shape index (κ1) is 10.8. The van der Waals surface area contributed by atoms with Gasteiger partial charge in [0.2, 0.25) is 0 Å². The van der Waals surface area contributed by atoms with E-state index in [9.17, 15) is 0 Å². The van der Waals surface area contributed by atoms with Crippen LogP contribution in [0.4, 0.5) is 0 Å². The fourth-order valence-corrected chi connectivity index (χ4v) is 1.75. The van der Waals surface area contributed by atoms with Gasteiger partial charge in [-0.05, 0) is 25.5 Å². The number of nitrogens with zero attached hydrogens (tertiary/aromatic N) is 2. The molecule has 0 bridgehead atoms. The van der Waals surface area contributed by atoms with E-state index in [1.807, 2.05) is 0 Å². The van der Waals surface area contributed by atoms with E-state index < -0.39 is 0 Å². The third kappa shape index (κ3) is 2.27. The minimum absolute atomic E-state index is 1.01. The first-order chi connectivity index (χ1) is 7.83. The number of hydrogen-bond donors (Lipinski definition) is 0. The highest BCUT2D eigenvalue weighted by molar-refractivity contribution is 5.60. The lowest BCUT2D eigenvalue weighted by Crippen LogP contribution is -2.31. The van der Waals surface area contributed by atoms with Crippen LogP contribution in [0.3, 0.4) is 0 Å². The van der Waals surface area contributed by atoms with Crippen molar-refractivity contribution in [2.45, 2.75) is 26.9 Å². The van der Waals surface area contributed by atoms with Crippen LogP contribution in [-0.2, 0) is 13.1 Å². The Balaban J connectivity index is 2.34. The Morgan fingerprint density at radius 1 is 0.812 bits per heavy atom. The van der Waals surface area contributed by atoms with Gasteiger partial charge in [-0.3, -0.25) is 0 Å². The van der Waals surface area contributed by atoms with Gasteiger partial charge in [-0.15, -0.1) is 0 Å². The lowest BCUT2D eigenvalue weighted by atomic mass is 10.1. The van der Waals surface area contributed by atoms with E-state index in [2.05, 4.69) is 72.0 Å². The van der Waals surface area contributed by atoms with Crippen LogP contribution in [-0.4, -0.2) is 0 Å². The van der Waals surface area contributed by atoms with E-state index in [-0.39, 0.29) is 0 Å². The third-order valence-corrected chi connectivity index (χ3v) is 2.81. The maximum absolute atomic E-state index is 2.19. The molecule has 2 rings (SSSR count). The molecule has 2 heteroatoms. The minimum Gasteiger partial charge on any atom is -0.205 e. The normalized spacial score (nSPS) is 10.4. The molecule has 0 aliphatic rings. The second-order valence-electron chi connectivity index (χ2n) is 3.84. The number of aryl methyl sites for hydroxylation is 2. The molecule has 0 aliphatic heterocycles. The quantitative estimate of drug-likeness (QED) is 0.690. The molecule has 0 aromatic carbocycles. The summed E-state index contributed by atoms with van der Waals surface area (Å²) >= 11 is 0. The van der Waals surface area contributed by atoms with E-state index in [1.165, 1.54) is 11.1 Å². The Labute approximate surface area is 96.8 Å². The summed E-state index contributed by atoms with van der Waals surface area (Å²) in [5.41, 5.74) is 2.54. The zero-order valence-corrected chi connectivity index (χ0v) is 9.93. The molecule has 0 spiro atoms. The van der Waals surface area contributed by atoms with Crippen molar-refractivity contribution >= 4 is 0 Å². The van der Waals surface area contributed by atoms with Gasteiger partial charge in [0, 0.05) is 23.8 Å². The molecule has 82 valence electrons. The first-order valence-electron chi connectivity index (χ1n) is 5.82. The number of hydrogen-bond acceptors (Lipinski definition) is 0. The molecule has 0 saturated heterocycles. The molecule has 16 heavy (non-hydrogen) atoms. The number of aromatic nitrogens is 2. The smallest absolute Gasteiger partial charge is 0.176 e. The monoisotopic (exact) mass is 214 g/mol. The highest BCUT2D eigenvalue weighted by Crippen LogP contribution is 2.14. The van der Waals surface area contributed by atoms with E-state index in [0.717, 1.165) is 13.1 Å². The molecule has 0 N–H and O–H groups in total. The molecule has 0 unspecified atom stereocenters. The Hall–Kier alpha value is -1.70. The Morgan fingerprint density at radius 2 is 1.50 bits per heavy atom. The summed E-state index contributed by atoms with van der Waals surface area (Å²) in [6.45, 7) is 6.33. The highest BCUT2D eigenvalue weighted by atomic mass is 14.9. The minimum atomic E-state index is 1.01. The molecule has 2 heterocycles. The summed E-state index contributed by atoms with van der Waals surface area (Å²) in [4.78, 5) is 0. The molecular formula is C14H18N2+2. The van der Waals surface area contributed by atoms with Gasteiger partial charge < -0.3 is 0 Å². The highest BCUT2D eigenvalue weighted by Gasteiger charge is 2.04. The molecule has 2 aromatic rings. The van der Waals surface area contributed by atoms with Crippen LogP contribution in [0.15, 0.2) is 49.1 Å². The molecule has 0 fully saturated rings. The van der Waals surface area contributed by atoms with Gasteiger partial charge in [0.05, 0.1) is 0 Å². The van der Waals surface area contributed by atoms with E-state index >= 15 is 0 Å². The fourth-order valence-electron chi connectivity index (χ4n) is 1.75. The summed E-state index contributed by atoms with van der Waals surface area (Å²) in [6, 6.07) is 8.58. The van der Waals surface area contributed by atoms with Crippen molar-refractivity contribution in [2.24, 2.45) is 0 Å². The summed E-state index contributed by atoms with van der Waals surface area (Å²) in [6.07, 6.45) is 8.53. The molecule has 2 aromatic heterocycles. The van der Waals surface area contributed by atoms with Crippen molar-refractivity contribution in [3.63, 3.8) is 0 Å². The predicted octanol–water partition coefficient (Wildman–Crippen LogP) is 1.97. The molecule has 0 atom stereocenters. The average molecular weight is 214 g/mol. The zero-order chi connectivity index (χ0) is 11.4. The maximum Gasteiger partial charge on any atom is 0.176 e. The predicted molar refractivity (Wildman–Crippen MR) is 63.6 cm³/mol. The summed E-state index contributed by atoms with van der Waals surface area (Å²) in [5.74, 6) is 0. The summed E-state index contributed by atoms with van der Waals surface area (Å²) in [5, 5.41) is 0. The zero-order valence-electron chi connectivity index (χ0n) is 9.93. The second kappa shape index (κ2) is 4.88. The Morgan fingerprint density at radius 3 is 2.12 bits per heavy atom. The van der Waals surface area contributed by atoms with E-state index in [1.54, 1.807) is 0 Å². The van der Waals surface area contributed by atoms with Gasteiger partial charge in [0.25, 0.3) is 0 Å². The van der Waals surface area contributed by atoms with Crippen molar-refractivity contribution < 1.29 is 9.13 Å². The lowest BCUT2D eigenvalue weighted by Gasteiger charge is -1.99. The van der Waals surface area contributed by atoms with E-state index in [4.69, 9.17) is 0 Å². The van der Waals surface area contributed by atoms with Gasteiger partial charge in [0.15, 0.2) is 24.8 Å². The van der Waals surface area contributed by atoms with Crippen LogP contribution >= 0.6 is 0 Å². The summed E-state index contributed by atoms with van der Waals surface area (Å²) < 4.78 is 4.36. The van der Waals surface area contributed by atoms with Crippen LogP contribution in [0.5, 0.6) is 0 Å².